The van der Waals surface area contributed by atoms with Crippen LogP contribution in [0.1, 0.15) is 28.1 Å². The van der Waals surface area contributed by atoms with Gasteiger partial charge in [0.1, 0.15) is 0 Å². The molecule has 0 spiro atoms. The van der Waals surface area contributed by atoms with Crippen LogP contribution < -0.4 is 0 Å². The van der Waals surface area contributed by atoms with Crippen molar-refractivity contribution in [1.29, 1.82) is 0 Å². The number of aryl methyl sites for hydroxylation is 1. The SMILES string of the molecule is COCC1CCN(C(=O)c2cc(C)c(Br)s2)CC1. The summed E-state index contributed by atoms with van der Waals surface area (Å²) in [5.41, 5.74) is 1.14. The van der Waals surface area contributed by atoms with E-state index in [1.165, 1.54) is 11.3 Å². The van der Waals surface area contributed by atoms with Crippen LogP contribution in [0.5, 0.6) is 0 Å². The summed E-state index contributed by atoms with van der Waals surface area (Å²) in [5, 5.41) is 0. The van der Waals surface area contributed by atoms with Crippen LogP contribution >= 0.6 is 27.3 Å². The summed E-state index contributed by atoms with van der Waals surface area (Å²) < 4.78 is 6.23. The second-order valence-corrected chi connectivity index (χ2v) is 7.13. The zero-order valence-electron chi connectivity index (χ0n) is 10.7. The molecule has 18 heavy (non-hydrogen) atoms. The molecule has 0 aromatic carbocycles. The van der Waals surface area contributed by atoms with E-state index in [9.17, 15) is 4.79 Å². The molecule has 1 aromatic rings. The standard InChI is InChI=1S/C13H18BrNO2S/c1-9-7-11(18-12(9)14)13(16)15-5-3-10(4-6-15)8-17-2/h7,10H,3-6,8H2,1-2H3. The highest BCUT2D eigenvalue weighted by atomic mass is 79.9. The summed E-state index contributed by atoms with van der Waals surface area (Å²) in [4.78, 5) is 15.1. The van der Waals surface area contributed by atoms with Crippen LogP contribution in [0.3, 0.4) is 0 Å². The maximum absolute atomic E-state index is 12.3. The van der Waals surface area contributed by atoms with E-state index in [2.05, 4.69) is 15.9 Å². The summed E-state index contributed by atoms with van der Waals surface area (Å²) in [6.07, 6.45) is 2.09. The number of hydrogen-bond acceptors (Lipinski definition) is 3. The van der Waals surface area contributed by atoms with Gasteiger partial charge in [0.25, 0.3) is 5.91 Å². The Bertz CT molecular complexity index is 405. The van der Waals surface area contributed by atoms with Gasteiger partial charge in [-0.2, -0.15) is 0 Å². The molecule has 0 N–H and O–H groups in total. The van der Waals surface area contributed by atoms with Crippen LogP contribution in [0.2, 0.25) is 0 Å². The molecule has 0 saturated carbocycles. The molecule has 100 valence electrons. The Kier molecular flexibility index (Phi) is 4.81. The molecule has 1 fully saturated rings. The van der Waals surface area contributed by atoms with Gasteiger partial charge in [-0.15, -0.1) is 11.3 Å². The first kappa shape index (κ1) is 14.0. The van der Waals surface area contributed by atoms with Crippen molar-refractivity contribution in [3.63, 3.8) is 0 Å². The number of piperidine rings is 1. The molecule has 1 saturated heterocycles. The molecule has 0 unspecified atom stereocenters. The Morgan fingerprint density at radius 3 is 2.72 bits per heavy atom. The fourth-order valence-electron chi connectivity index (χ4n) is 2.26. The van der Waals surface area contributed by atoms with Crippen LogP contribution in [0.4, 0.5) is 0 Å². The Morgan fingerprint density at radius 2 is 2.22 bits per heavy atom. The van der Waals surface area contributed by atoms with Crippen LogP contribution in [-0.2, 0) is 4.74 Å². The third kappa shape index (κ3) is 3.13. The van der Waals surface area contributed by atoms with E-state index in [4.69, 9.17) is 4.74 Å². The summed E-state index contributed by atoms with van der Waals surface area (Å²) in [6, 6.07) is 1.97. The molecule has 2 rings (SSSR count). The number of carbonyl (C=O) groups is 1. The molecular formula is C13H18BrNO2S. The van der Waals surface area contributed by atoms with Crippen molar-refractivity contribution >= 4 is 33.2 Å². The summed E-state index contributed by atoms with van der Waals surface area (Å²) in [5.74, 6) is 0.778. The Labute approximate surface area is 120 Å². The molecular weight excluding hydrogens is 314 g/mol. The summed E-state index contributed by atoms with van der Waals surface area (Å²) in [6.45, 7) is 4.52. The number of methoxy groups -OCH3 is 1. The van der Waals surface area contributed by atoms with Gasteiger partial charge in [-0.05, 0) is 53.2 Å². The van der Waals surface area contributed by atoms with E-state index in [-0.39, 0.29) is 5.91 Å². The maximum atomic E-state index is 12.3. The highest BCUT2D eigenvalue weighted by molar-refractivity contribution is 9.11. The van der Waals surface area contributed by atoms with E-state index >= 15 is 0 Å². The lowest BCUT2D eigenvalue weighted by Gasteiger charge is -2.31. The molecule has 0 aliphatic carbocycles. The number of thiophene rings is 1. The largest absolute Gasteiger partial charge is 0.384 e. The lowest BCUT2D eigenvalue weighted by Crippen LogP contribution is -2.39. The van der Waals surface area contributed by atoms with Crippen LogP contribution in [0.15, 0.2) is 9.85 Å². The number of hydrogen-bond donors (Lipinski definition) is 0. The van der Waals surface area contributed by atoms with Crippen molar-refractivity contribution in [2.75, 3.05) is 26.8 Å². The minimum absolute atomic E-state index is 0.171. The molecule has 1 amide bonds. The van der Waals surface area contributed by atoms with Gasteiger partial charge < -0.3 is 9.64 Å². The number of halogens is 1. The molecule has 1 aliphatic rings. The van der Waals surface area contributed by atoms with Gasteiger partial charge >= 0.3 is 0 Å². The zero-order chi connectivity index (χ0) is 13.1. The molecule has 0 bridgehead atoms. The first-order valence-corrected chi connectivity index (χ1v) is 7.77. The minimum Gasteiger partial charge on any atom is -0.384 e. The fourth-order valence-corrected chi connectivity index (χ4v) is 3.76. The third-order valence-corrected chi connectivity index (χ3v) is 5.50. The highest BCUT2D eigenvalue weighted by Crippen LogP contribution is 2.29. The Morgan fingerprint density at radius 1 is 1.56 bits per heavy atom. The van der Waals surface area contributed by atoms with Crippen LogP contribution in [0.25, 0.3) is 0 Å². The molecule has 0 atom stereocenters. The van der Waals surface area contributed by atoms with Crippen molar-refractivity contribution in [2.24, 2.45) is 5.92 Å². The predicted molar refractivity (Wildman–Crippen MR) is 77.3 cm³/mol. The second kappa shape index (κ2) is 6.17. The van der Waals surface area contributed by atoms with Crippen molar-refractivity contribution in [3.8, 4) is 0 Å². The minimum atomic E-state index is 0.171. The number of amides is 1. The smallest absolute Gasteiger partial charge is 0.263 e. The number of rotatable bonds is 3. The second-order valence-electron chi connectivity index (χ2n) is 4.76. The van der Waals surface area contributed by atoms with E-state index in [1.54, 1.807) is 7.11 Å². The average Bonchev–Trinajstić information content (AvgIpc) is 2.70. The van der Waals surface area contributed by atoms with Gasteiger partial charge in [0.2, 0.25) is 0 Å². The molecule has 1 aromatic heterocycles. The average molecular weight is 332 g/mol. The lowest BCUT2D eigenvalue weighted by atomic mass is 9.98. The van der Waals surface area contributed by atoms with Crippen LogP contribution in [0, 0.1) is 12.8 Å². The third-order valence-electron chi connectivity index (χ3n) is 3.37. The monoisotopic (exact) mass is 331 g/mol. The molecule has 1 aliphatic heterocycles. The van der Waals surface area contributed by atoms with Crippen LogP contribution in [-0.4, -0.2) is 37.6 Å². The van der Waals surface area contributed by atoms with Gasteiger partial charge in [0.05, 0.1) is 8.66 Å². The number of nitrogens with zero attached hydrogens (tertiary/aromatic N) is 1. The number of likely N-dealkylation sites (tertiary alicyclic amines) is 1. The highest BCUT2D eigenvalue weighted by Gasteiger charge is 2.24. The Balaban J connectivity index is 1.95. The molecule has 3 nitrogen and oxygen atoms in total. The van der Waals surface area contributed by atoms with Gasteiger partial charge in [0.15, 0.2) is 0 Å². The van der Waals surface area contributed by atoms with Crippen molar-refractivity contribution in [2.45, 2.75) is 19.8 Å². The van der Waals surface area contributed by atoms with E-state index in [1.807, 2.05) is 17.9 Å². The van der Waals surface area contributed by atoms with Gasteiger partial charge in [-0.1, -0.05) is 0 Å². The number of carbonyl (C=O) groups excluding carboxylic acids is 1. The molecule has 0 radical (unpaired) electrons. The van der Waals surface area contributed by atoms with E-state index < -0.39 is 0 Å². The maximum Gasteiger partial charge on any atom is 0.263 e. The van der Waals surface area contributed by atoms with E-state index in [0.29, 0.717) is 5.92 Å². The predicted octanol–water partition coefficient (Wildman–Crippen LogP) is 3.32. The molecule has 2 heterocycles. The first-order chi connectivity index (χ1) is 8.61. The van der Waals surface area contributed by atoms with Crippen molar-refractivity contribution in [1.82, 2.24) is 4.90 Å². The van der Waals surface area contributed by atoms with Gasteiger partial charge in [-0.25, -0.2) is 0 Å². The topological polar surface area (TPSA) is 29.5 Å². The van der Waals surface area contributed by atoms with Crippen molar-refractivity contribution < 1.29 is 9.53 Å². The van der Waals surface area contributed by atoms with E-state index in [0.717, 1.165) is 46.8 Å². The quantitative estimate of drug-likeness (QED) is 0.850. The normalized spacial score (nSPS) is 17.2. The summed E-state index contributed by atoms with van der Waals surface area (Å²) in [7, 11) is 1.74. The summed E-state index contributed by atoms with van der Waals surface area (Å²) >= 11 is 5.00. The Hall–Kier alpha value is -0.390. The molecule has 5 heteroatoms. The first-order valence-electron chi connectivity index (χ1n) is 6.16. The number of ether oxygens (including phenoxy) is 1. The lowest BCUT2D eigenvalue weighted by molar-refractivity contribution is 0.0618. The van der Waals surface area contributed by atoms with Gasteiger partial charge in [0, 0.05) is 26.8 Å². The van der Waals surface area contributed by atoms with Gasteiger partial charge in [-0.3, -0.25) is 4.79 Å². The fraction of sp³-hybridized carbons (Fsp3) is 0.615. The zero-order valence-corrected chi connectivity index (χ0v) is 13.1. The van der Waals surface area contributed by atoms with Crippen molar-refractivity contribution in [3.05, 3.63) is 20.3 Å².